The molecule has 1 N–H and O–H groups in total. The van der Waals surface area contributed by atoms with Crippen molar-refractivity contribution < 1.29 is 19.1 Å². The lowest BCUT2D eigenvalue weighted by Crippen LogP contribution is -2.57. The summed E-state index contributed by atoms with van der Waals surface area (Å²) in [7, 11) is 0. The van der Waals surface area contributed by atoms with Gasteiger partial charge in [-0.1, -0.05) is 132 Å². The number of rotatable bonds is 13. The predicted molar refractivity (Wildman–Crippen MR) is 282 cm³/mol. The van der Waals surface area contributed by atoms with Gasteiger partial charge in [0.25, 0.3) is 0 Å². The second-order valence-electron chi connectivity index (χ2n) is 19.1. The molecule has 2 amide bonds. The van der Waals surface area contributed by atoms with E-state index in [4.69, 9.17) is 21.1 Å². The number of amides is 2. The standard InChI is InChI=1S/C29H34N4O2.C17H25N3O.C12H10ClNO/c1-22-8-10-24(11-9-22)20-32-15-14-27(29(32)34)33-17-16-31(19-23(33)2)28-13-12-26(18-30-28)35-21-25-6-4-3-5-7-25;1-13-3-5-15(6-4-13)12-19-9-7-16(17(19)21)20-10-8-18-11-14(20)2;13-12-7-6-11(8-14-12)15-9-10-4-2-1-3-5-10/h3-13,18,23,27H,14-17,19-21H2,1-2H3;3-6,14,16,18H,7-12H2,1-2H3;1-8H,9H2/t23?,27-;14?,16-;/m11./s1. The number of anilines is 1. The molecular weight excluding hydrogens is 908 g/mol. The number of piperazine rings is 2. The molecule has 4 aliphatic rings. The molecule has 4 saturated heterocycles. The minimum atomic E-state index is -0.0145. The molecular formula is C58H69ClN8O4. The zero-order valence-corrected chi connectivity index (χ0v) is 42.5. The summed E-state index contributed by atoms with van der Waals surface area (Å²) < 4.78 is 11.4. The molecule has 0 aliphatic carbocycles. The van der Waals surface area contributed by atoms with Crippen LogP contribution in [0.25, 0.3) is 0 Å². The average Bonchev–Trinajstić information content (AvgIpc) is 3.95. The number of likely N-dealkylation sites (tertiary alicyclic amines) is 2. The smallest absolute Gasteiger partial charge is 0.240 e. The van der Waals surface area contributed by atoms with Crippen LogP contribution in [-0.4, -0.2) is 118 Å². The Morgan fingerprint density at radius 1 is 0.563 bits per heavy atom. The van der Waals surface area contributed by atoms with Crippen LogP contribution in [0.15, 0.2) is 146 Å². The van der Waals surface area contributed by atoms with Crippen molar-refractivity contribution in [2.45, 2.75) is 91.0 Å². The van der Waals surface area contributed by atoms with E-state index in [1.54, 1.807) is 24.5 Å². The van der Waals surface area contributed by atoms with Crippen LogP contribution in [0.2, 0.25) is 5.15 Å². The van der Waals surface area contributed by atoms with Crippen molar-refractivity contribution in [3.63, 3.8) is 0 Å². The van der Waals surface area contributed by atoms with E-state index in [2.05, 4.69) is 118 Å². The topological polar surface area (TPSA) is 107 Å². The van der Waals surface area contributed by atoms with Crippen molar-refractivity contribution in [2.24, 2.45) is 0 Å². The first-order valence-corrected chi connectivity index (χ1v) is 25.5. The fourth-order valence-corrected chi connectivity index (χ4v) is 9.85. The van der Waals surface area contributed by atoms with Gasteiger partial charge in [-0.2, -0.15) is 0 Å². The highest BCUT2D eigenvalue weighted by atomic mass is 35.5. The predicted octanol–water partition coefficient (Wildman–Crippen LogP) is 8.98. The van der Waals surface area contributed by atoms with Crippen LogP contribution >= 0.6 is 11.6 Å². The second kappa shape index (κ2) is 25.2. The third kappa shape index (κ3) is 14.4. The zero-order chi connectivity index (χ0) is 49.5. The third-order valence-corrected chi connectivity index (χ3v) is 14.0. The molecule has 0 radical (unpaired) electrons. The Labute approximate surface area is 425 Å². The molecule has 4 aliphatic heterocycles. The summed E-state index contributed by atoms with van der Waals surface area (Å²) >= 11 is 5.66. The first-order chi connectivity index (χ1) is 34.6. The summed E-state index contributed by atoms with van der Waals surface area (Å²) in [6.45, 7) is 18.4. The Bertz CT molecular complexity index is 2570. The number of pyridine rings is 2. The molecule has 0 saturated carbocycles. The lowest BCUT2D eigenvalue weighted by Gasteiger charge is -2.42. The number of carbonyl (C=O) groups excluding carboxylic acids is 2. The van der Waals surface area contributed by atoms with Crippen LogP contribution in [0.5, 0.6) is 11.5 Å². The van der Waals surface area contributed by atoms with Gasteiger partial charge >= 0.3 is 0 Å². The number of carbonyl (C=O) groups is 2. The van der Waals surface area contributed by atoms with E-state index in [1.807, 2.05) is 70.5 Å². The molecule has 2 unspecified atom stereocenters. The van der Waals surface area contributed by atoms with Crippen molar-refractivity contribution in [2.75, 3.05) is 57.3 Å². The highest BCUT2D eigenvalue weighted by molar-refractivity contribution is 6.29. The van der Waals surface area contributed by atoms with E-state index in [9.17, 15) is 9.59 Å². The molecule has 2 aromatic heterocycles. The maximum absolute atomic E-state index is 13.2. The molecule has 4 atom stereocenters. The zero-order valence-electron chi connectivity index (χ0n) is 41.7. The van der Waals surface area contributed by atoms with Gasteiger partial charge in [-0.05, 0) is 87.1 Å². The maximum Gasteiger partial charge on any atom is 0.240 e. The molecule has 372 valence electrons. The molecule has 71 heavy (non-hydrogen) atoms. The normalized spacial score (nSPS) is 20.5. The summed E-state index contributed by atoms with van der Waals surface area (Å²) in [4.78, 5) is 45.6. The fourth-order valence-electron chi connectivity index (χ4n) is 9.74. The number of aromatic nitrogens is 2. The van der Waals surface area contributed by atoms with E-state index >= 15 is 0 Å². The Hall–Kier alpha value is -6.31. The van der Waals surface area contributed by atoms with Crippen LogP contribution in [0, 0.1) is 13.8 Å². The molecule has 6 heterocycles. The number of hydrogen-bond donors (Lipinski definition) is 1. The van der Waals surface area contributed by atoms with Crippen LogP contribution in [0.3, 0.4) is 0 Å². The summed E-state index contributed by atoms with van der Waals surface area (Å²) in [5, 5.41) is 3.87. The van der Waals surface area contributed by atoms with Crippen LogP contribution in [0.4, 0.5) is 5.82 Å². The molecule has 4 fully saturated rings. The molecule has 4 aromatic carbocycles. The largest absolute Gasteiger partial charge is 0.487 e. The highest BCUT2D eigenvalue weighted by Crippen LogP contribution is 2.27. The van der Waals surface area contributed by atoms with Gasteiger partial charge in [-0.25, -0.2) is 9.97 Å². The van der Waals surface area contributed by atoms with Crippen molar-refractivity contribution in [3.8, 4) is 11.5 Å². The summed E-state index contributed by atoms with van der Waals surface area (Å²) in [5.74, 6) is 3.04. The number of nitrogens with one attached hydrogen (secondary N) is 1. The first-order valence-electron chi connectivity index (χ1n) is 25.1. The van der Waals surface area contributed by atoms with Crippen LogP contribution in [0.1, 0.15) is 60.1 Å². The number of ether oxygens (including phenoxy) is 2. The van der Waals surface area contributed by atoms with Gasteiger partial charge in [0.05, 0.1) is 24.5 Å². The first kappa shape index (κ1) is 51.1. The van der Waals surface area contributed by atoms with Crippen LogP contribution < -0.4 is 19.7 Å². The summed E-state index contributed by atoms with van der Waals surface area (Å²) in [5.41, 5.74) is 7.20. The van der Waals surface area contributed by atoms with E-state index in [0.717, 1.165) is 100 Å². The third-order valence-electron chi connectivity index (χ3n) is 13.8. The summed E-state index contributed by atoms with van der Waals surface area (Å²) in [6.07, 6.45) is 5.29. The van der Waals surface area contributed by atoms with E-state index < -0.39 is 0 Å². The number of halogens is 1. The van der Waals surface area contributed by atoms with Gasteiger partial charge in [0, 0.05) is 77.5 Å². The molecule has 10 rings (SSSR count). The van der Waals surface area contributed by atoms with Gasteiger partial charge in [0.15, 0.2) is 0 Å². The van der Waals surface area contributed by atoms with Crippen molar-refractivity contribution in [1.82, 2.24) is 34.9 Å². The Balaban J connectivity index is 0.000000159. The lowest BCUT2D eigenvalue weighted by molar-refractivity contribution is -0.134. The lowest BCUT2D eigenvalue weighted by atomic mass is 10.1. The Morgan fingerprint density at radius 2 is 1.07 bits per heavy atom. The van der Waals surface area contributed by atoms with Crippen molar-refractivity contribution >= 4 is 29.2 Å². The van der Waals surface area contributed by atoms with E-state index in [-0.39, 0.29) is 24.0 Å². The minimum absolute atomic E-state index is 0.0145. The second-order valence-corrected chi connectivity index (χ2v) is 19.5. The molecule has 0 bridgehead atoms. The monoisotopic (exact) mass is 977 g/mol. The summed E-state index contributed by atoms with van der Waals surface area (Å²) in [6, 6.07) is 45.5. The SMILES string of the molecule is Cc1ccc(CN2CC[C@@H](N3CCN(c4ccc(OCc5ccccc5)cn4)CC3C)C2=O)cc1.Cc1ccc(CN2CC[C@@H](N3CCNCC3C)C2=O)cc1.Clc1ccc(OCc2ccccc2)cn1. The van der Waals surface area contributed by atoms with Gasteiger partial charge in [0.2, 0.25) is 11.8 Å². The highest BCUT2D eigenvalue weighted by Gasteiger charge is 2.40. The number of benzene rings is 4. The molecule has 6 aromatic rings. The quantitative estimate of drug-likeness (QED) is 0.113. The van der Waals surface area contributed by atoms with Gasteiger partial charge < -0.3 is 29.5 Å². The van der Waals surface area contributed by atoms with Crippen LogP contribution in [-0.2, 0) is 35.9 Å². The van der Waals surface area contributed by atoms with Gasteiger partial charge in [-0.15, -0.1) is 0 Å². The number of aryl methyl sites for hydroxylation is 2. The fraction of sp³-hybridized carbons (Fsp3) is 0.379. The number of hydrogen-bond acceptors (Lipinski definition) is 10. The van der Waals surface area contributed by atoms with Gasteiger partial charge in [-0.3, -0.25) is 19.4 Å². The van der Waals surface area contributed by atoms with Crippen molar-refractivity contribution in [3.05, 3.63) is 184 Å². The average molecular weight is 978 g/mol. The molecule has 13 heteroatoms. The van der Waals surface area contributed by atoms with E-state index in [1.165, 1.54) is 22.3 Å². The van der Waals surface area contributed by atoms with Gasteiger partial charge in [0.1, 0.15) is 35.7 Å². The Kier molecular flexibility index (Phi) is 18.1. The Morgan fingerprint density at radius 3 is 1.54 bits per heavy atom. The molecule has 0 spiro atoms. The number of nitrogens with zero attached hydrogens (tertiary/aromatic N) is 7. The maximum atomic E-state index is 13.2. The minimum Gasteiger partial charge on any atom is -0.487 e. The van der Waals surface area contributed by atoms with Crippen molar-refractivity contribution in [1.29, 1.82) is 0 Å². The van der Waals surface area contributed by atoms with E-state index in [0.29, 0.717) is 36.9 Å². The molecule has 12 nitrogen and oxygen atoms in total.